The minimum Gasteiger partial charge on any atom is -0.481 e. The summed E-state index contributed by atoms with van der Waals surface area (Å²) in [5.41, 5.74) is 4.17. The van der Waals surface area contributed by atoms with Gasteiger partial charge < -0.3 is 5.11 Å². The number of carbonyl (C=O) groups is 1. The molecule has 25 heavy (non-hydrogen) atoms. The van der Waals surface area contributed by atoms with Crippen LogP contribution in [0, 0.1) is 11.8 Å². The Bertz CT molecular complexity index is 486. The van der Waals surface area contributed by atoms with E-state index in [-0.39, 0.29) is 5.92 Å². The number of rotatable bonds is 10. The predicted molar refractivity (Wildman–Crippen MR) is 108 cm³/mol. The van der Waals surface area contributed by atoms with Crippen LogP contribution in [0.15, 0.2) is 34.9 Å². The first-order chi connectivity index (χ1) is 11.9. The third kappa shape index (κ3) is 9.67. The largest absolute Gasteiger partial charge is 0.481 e. The average molecular weight is 347 g/mol. The van der Waals surface area contributed by atoms with Gasteiger partial charge in [-0.05, 0) is 78.6 Å². The molecule has 0 aromatic heterocycles. The lowest BCUT2D eigenvalue weighted by Gasteiger charge is -2.26. The van der Waals surface area contributed by atoms with Crippen LogP contribution in [-0.2, 0) is 4.79 Å². The summed E-state index contributed by atoms with van der Waals surface area (Å²) < 4.78 is 0. The molecule has 1 aliphatic rings. The van der Waals surface area contributed by atoms with Crippen LogP contribution in [-0.4, -0.2) is 11.1 Å². The van der Waals surface area contributed by atoms with Crippen LogP contribution in [0.5, 0.6) is 0 Å². The van der Waals surface area contributed by atoms with Gasteiger partial charge in [-0.15, -0.1) is 0 Å². The highest BCUT2D eigenvalue weighted by Crippen LogP contribution is 2.32. The summed E-state index contributed by atoms with van der Waals surface area (Å²) in [6.45, 7) is 8.64. The van der Waals surface area contributed by atoms with E-state index in [4.69, 9.17) is 0 Å². The van der Waals surface area contributed by atoms with E-state index in [1.54, 1.807) is 0 Å². The van der Waals surface area contributed by atoms with Crippen LogP contribution in [0.3, 0.4) is 0 Å². The maximum atomic E-state index is 11.6. The van der Waals surface area contributed by atoms with Gasteiger partial charge in [0.05, 0.1) is 5.92 Å². The Balaban J connectivity index is 2.40. The van der Waals surface area contributed by atoms with Crippen molar-refractivity contribution in [2.24, 2.45) is 11.8 Å². The molecule has 1 fully saturated rings. The van der Waals surface area contributed by atoms with Crippen molar-refractivity contribution < 1.29 is 9.90 Å². The standard InChI is InChI=1S/C23H38O2/c1-18(2)10-8-11-19(3)12-9-13-20(4)16-17-22(23(24)25)21-14-6-5-7-15-21/h10,12,16,21-22H,5-9,11,13-15,17H2,1-4H3,(H,24,25). The molecule has 1 N–H and O–H groups in total. The van der Waals surface area contributed by atoms with Gasteiger partial charge in [-0.25, -0.2) is 0 Å². The molecule has 1 aliphatic carbocycles. The van der Waals surface area contributed by atoms with Gasteiger partial charge in [-0.2, -0.15) is 0 Å². The normalized spacial score (nSPS) is 18.1. The minimum absolute atomic E-state index is 0.184. The second-order valence-corrected chi connectivity index (χ2v) is 8.04. The number of aliphatic carboxylic acids is 1. The fraction of sp³-hybridized carbons (Fsp3) is 0.696. The Morgan fingerprint density at radius 2 is 1.48 bits per heavy atom. The van der Waals surface area contributed by atoms with E-state index in [0.717, 1.165) is 38.5 Å². The molecular weight excluding hydrogens is 308 g/mol. The molecule has 0 amide bonds. The topological polar surface area (TPSA) is 37.3 Å². The number of carboxylic acids is 1. The average Bonchev–Trinajstić information content (AvgIpc) is 2.55. The van der Waals surface area contributed by atoms with Crippen molar-refractivity contribution in [2.45, 2.75) is 91.9 Å². The lowest BCUT2D eigenvalue weighted by atomic mass is 9.78. The maximum Gasteiger partial charge on any atom is 0.307 e. The van der Waals surface area contributed by atoms with Crippen LogP contribution in [0.2, 0.25) is 0 Å². The second kappa shape index (κ2) is 12.1. The Morgan fingerprint density at radius 1 is 0.920 bits per heavy atom. The highest BCUT2D eigenvalue weighted by Gasteiger charge is 2.28. The molecular formula is C23H38O2. The van der Waals surface area contributed by atoms with Gasteiger partial charge >= 0.3 is 5.97 Å². The first-order valence-corrected chi connectivity index (χ1v) is 10.1. The molecule has 2 heteroatoms. The Kier molecular flexibility index (Phi) is 10.5. The van der Waals surface area contributed by atoms with E-state index in [1.807, 2.05) is 0 Å². The number of allylic oxidation sites excluding steroid dienone is 6. The van der Waals surface area contributed by atoms with Gasteiger partial charge in [0, 0.05) is 0 Å². The van der Waals surface area contributed by atoms with E-state index in [0.29, 0.717) is 12.3 Å². The van der Waals surface area contributed by atoms with E-state index < -0.39 is 5.97 Å². The smallest absolute Gasteiger partial charge is 0.307 e. The van der Waals surface area contributed by atoms with Gasteiger partial charge in [0.15, 0.2) is 0 Å². The molecule has 0 spiro atoms. The molecule has 1 saturated carbocycles. The number of carboxylic acid groups (broad SMARTS) is 1. The summed E-state index contributed by atoms with van der Waals surface area (Å²) in [5.74, 6) is -0.407. The van der Waals surface area contributed by atoms with Gasteiger partial charge in [-0.3, -0.25) is 4.79 Å². The Morgan fingerprint density at radius 3 is 2.04 bits per heavy atom. The summed E-state index contributed by atoms with van der Waals surface area (Å²) in [6.07, 6.45) is 17.7. The SMILES string of the molecule is CC(C)=CCCC(C)=CCCC(C)=CCC(C(=O)O)C1CCCCC1. The summed E-state index contributed by atoms with van der Waals surface area (Å²) in [6, 6.07) is 0. The summed E-state index contributed by atoms with van der Waals surface area (Å²) in [4.78, 5) is 11.6. The Hall–Kier alpha value is -1.31. The zero-order valence-electron chi connectivity index (χ0n) is 16.8. The van der Waals surface area contributed by atoms with Crippen molar-refractivity contribution >= 4 is 5.97 Å². The van der Waals surface area contributed by atoms with Crippen LogP contribution < -0.4 is 0 Å². The van der Waals surface area contributed by atoms with Crippen molar-refractivity contribution in [3.05, 3.63) is 34.9 Å². The molecule has 142 valence electrons. The second-order valence-electron chi connectivity index (χ2n) is 8.04. The van der Waals surface area contributed by atoms with Gasteiger partial charge in [0.2, 0.25) is 0 Å². The number of hydrogen-bond acceptors (Lipinski definition) is 1. The first-order valence-electron chi connectivity index (χ1n) is 10.1. The van der Waals surface area contributed by atoms with E-state index in [9.17, 15) is 9.90 Å². The molecule has 0 radical (unpaired) electrons. The predicted octanol–water partition coefficient (Wildman–Crippen LogP) is 7.08. The highest BCUT2D eigenvalue weighted by atomic mass is 16.4. The van der Waals surface area contributed by atoms with Gasteiger partial charge in [-0.1, -0.05) is 54.2 Å². The maximum absolute atomic E-state index is 11.6. The highest BCUT2D eigenvalue weighted by molar-refractivity contribution is 5.70. The zero-order chi connectivity index (χ0) is 18.7. The van der Waals surface area contributed by atoms with Crippen LogP contribution >= 0.6 is 0 Å². The summed E-state index contributed by atoms with van der Waals surface area (Å²) in [7, 11) is 0. The van der Waals surface area contributed by atoms with E-state index >= 15 is 0 Å². The summed E-state index contributed by atoms with van der Waals surface area (Å²) >= 11 is 0. The fourth-order valence-corrected chi connectivity index (χ4v) is 3.70. The van der Waals surface area contributed by atoms with Crippen molar-refractivity contribution in [2.75, 3.05) is 0 Å². The van der Waals surface area contributed by atoms with Crippen LogP contribution in [0.4, 0.5) is 0 Å². The zero-order valence-corrected chi connectivity index (χ0v) is 16.8. The van der Waals surface area contributed by atoms with Crippen LogP contribution in [0.1, 0.15) is 91.9 Å². The molecule has 0 aliphatic heterocycles. The summed E-state index contributed by atoms with van der Waals surface area (Å²) in [5, 5.41) is 9.57. The Labute approximate surface area is 155 Å². The van der Waals surface area contributed by atoms with E-state index in [2.05, 4.69) is 45.9 Å². The molecule has 0 saturated heterocycles. The van der Waals surface area contributed by atoms with Gasteiger partial charge in [0.25, 0.3) is 0 Å². The van der Waals surface area contributed by atoms with Crippen molar-refractivity contribution in [3.63, 3.8) is 0 Å². The molecule has 2 nitrogen and oxygen atoms in total. The monoisotopic (exact) mass is 346 g/mol. The van der Waals surface area contributed by atoms with Crippen molar-refractivity contribution in [3.8, 4) is 0 Å². The third-order valence-electron chi connectivity index (χ3n) is 5.38. The number of hydrogen-bond donors (Lipinski definition) is 1. The molecule has 0 aromatic carbocycles. The third-order valence-corrected chi connectivity index (χ3v) is 5.38. The van der Waals surface area contributed by atoms with Gasteiger partial charge in [0.1, 0.15) is 0 Å². The molecule has 0 heterocycles. The fourth-order valence-electron chi connectivity index (χ4n) is 3.70. The van der Waals surface area contributed by atoms with Crippen molar-refractivity contribution in [1.82, 2.24) is 0 Å². The first kappa shape index (κ1) is 21.7. The quantitative estimate of drug-likeness (QED) is 0.429. The molecule has 1 atom stereocenters. The molecule has 0 bridgehead atoms. The molecule has 1 unspecified atom stereocenters. The van der Waals surface area contributed by atoms with Crippen molar-refractivity contribution in [1.29, 1.82) is 0 Å². The molecule has 0 aromatic rings. The lowest BCUT2D eigenvalue weighted by Crippen LogP contribution is -2.25. The van der Waals surface area contributed by atoms with Crippen LogP contribution in [0.25, 0.3) is 0 Å². The molecule has 1 rings (SSSR count). The minimum atomic E-state index is -0.606. The van der Waals surface area contributed by atoms with E-state index in [1.165, 1.54) is 36.0 Å². The lowest BCUT2D eigenvalue weighted by molar-refractivity contribution is -0.144.